The van der Waals surface area contributed by atoms with Gasteiger partial charge in [-0.15, -0.1) is 0 Å². The number of carbonyl (C=O) groups excluding carboxylic acids is 1. The predicted octanol–water partition coefficient (Wildman–Crippen LogP) is 3.47. The first-order valence-electron chi connectivity index (χ1n) is 5.72. The van der Waals surface area contributed by atoms with Gasteiger partial charge >= 0.3 is 5.97 Å². The first-order valence-corrected chi connectivity index (χ1v) is 5.72. The van der Waals surface area contributed by atoms with E-state index >= 15 is 0 Å². The van der Waals surface area contributed by atoms with Crippen LogP contribution in [0.3, 0.4) is 0 Å². The standard InChI is InChI=1S/C15H11FO2/c1-9-2-3-10-8-18-15(17)12-5-4-11(16)7-14(12)13(10)6-9/h2-7H,8H2,1H3. The molecule has 18 heavy (non-hydrogen) atoms. The van der Waals surface area contributed by atoms with E-state index in [1.165, 1.54) is 18.2 Å². The van der Waals surface area contributed by atoms with Crippen LogP contribution in [-0.2, 0) is 11.3 Å². The van der Waals surface area contributed by atoms with E-state index in [2.05, 4.69) is 0 Å². The molecule has 2 aromatic rings. The van der Waals surface area contributed by atoms with Crippen molar-refractivity contribution in [2.75, 3.05) is 0 Å². The van der Waals surface area contributed by atoms with Gasteiger partial charge in [0.25, 0.3) is 0 Å². The Morgan fingerprint density at radius 3 is 2.72 bits per heavy atom. The maximum Gasteiger partial charge on any atom is 0.339 e. The van der Waals surface area contributed by atoms with Crippen LogP contribution in [0.1, 0.15) is 21.5 Å². The smallest absolute Gasteiger partial charge is 0.339 e. The summed E-state index contributed by atoms with van der Waals surface area (Å²) in [5, 5.41) is 0. The zero-order valence-electron chi connectivity index (χ0n) is 9.87. The molecule has 0 unspecified atom stereocenters. The van der Waals surface area contributed by atoms with Gasteiger partial charge < -0.3 is 4.74 Å². The van der Waals surface area contributed by atoms with Crippen LogP contribution in [0.5, 0.6) is 0 Å². The summed E-state index contributed by atoms with van der Waals surface area (Å²) in [5.41, 5.74) is 3.86. The van der Waals surface area contributed by atoms with E-state index in [0.29, 0.717) is 11.1 Å². The topological polar surface area (TPSA) is 26.3 Å². The number of aryl methyl sites for hydroxylation is 1. The van der Waals surface area contributed by atoms with E-state index in [1.807, 2.05) is 25.1 Å². The van der Waals surface area contributed by atoms with Gasteiger partial charge in [0.15, 0.2) is 0 Å². The molecule has 2 aromatic carbocycles. The van der Waals surface area contributed by atoms with Crippen molar-refractivity contribution in [3.8, 4) is 11.1 Å². The molecule has 0 amide bonds. The Kier molecular flexibility index (Phi) is 2.40. The van der Waals surface area contributed by atoms with Crippen molar-refractivity contribution in [2.45, 2.75) is 13.5 Å². The summed E-state index contributed by atoms with van der Waals surface area (Å²) in [6.45, 7) is 2.19. The molecule has 3 heteroatoms. The van der Waals surface area contributed by atoms with Crippen LogP contribution in [0.15, 0.2) is 36.4 Å². The molecule has 1 aliphatic rings. The summed E-state index contributed by atoms with van der Waals surface area (Å²) in [7, 11) is 0. The van der Waals surface area contributed by atoms with Crippen molar-refractivity contribution in [3.63, 3.8) is 0 Å². The number of rotatable bonds is 0. The SMILES string of the molecule is Cc1ccc2c(c1)-c1cc(F)ccc1C(=O)OC2. The van der Waals surface area contributed by atoms with Gasteiger partial charge in [-0.05, 0) is 41.8 Å². The molecule has 0 aliphatic carbocycles. The van der Waals surface area contributed by atoms with Crippen LogP contribution < -0.4 is 0 Å². The Labute approximate surface area is 104 Å². The monoisotopic (exact) mass is 242 g/mol. The maximum absolute atomic E-state index is 13.4. The van der Waals surface area contributed by atoms with Gasteiger partial charge in [-0.3, -0.25) is 0 Å². The third-order valence-corrected chi connectivity index (χ3v) is 3.12. The minimum Gasteiger partial charge on any atom is -0.457 e. The fourth-order valence-electron chi connectivity index (χ4n) is 2.21. The van der Waals surface area contributed by atoms with Crippen molar-refractivity contribution in [3.05, 3.63) is 58.9 Å². The average Bonchev–Trinajstić information content (AvgIpc) is 2.48. The molecule has 0 bridgehead atoms. The summed E-state index contributed by atoms with van der Waals surface area (Å²) in [6.07, 6.45) is 0. The van der Waals surface area contributed by atoms with Gasteiger partial charge in [-0.1, -0.05) is 23.8 Å². The lowest BCUT2D eigenvalue weighted by atomic mass is 9.95. The summed E-state index contributed by atoms with van der Waals surface area (Å²) in [6, 6.07) is 9.97. The van der Waals surface area contributed by atoms with Gasteiger partial charge in [0.05, 0.1) is 5.56 Å². The molecule has 90 valence electrons. The van der Waals surface area contributed by atoms with E-state index in [9.17, 15) is 9.18 Å². The molecule has 0 radical (unpaired) electrons. The molecule has 0 saturated heterocycles. The second kappa shape index (κ2) is 3.95. The van der Waals surface area contributed by atoms with Gasteiger partial charge in [-0.2, -0.15) is 0 Å². The van der Waals surface area contributed by atoms with Gasteiger partial charge in [0.2, 0.25) is 0 Å². The Morgan fingerprint density at radius 2 is 1.89 bits per heavy atom. The van der Waals surface area contributed by atoms with E-state index < -0.39 is 5.97 Å². The largest absolute Gasteiger partial charge is 0.457 e. The molecule has 1 heterocycles. The van der Waals surface area contributed by atoms with Crippen LogP contribution in [0.2, 0.25) is 0 Å². The highest BCUT2D eigenvalue weighted by Crippen LogP contribution is 2.32. The number of cyclic esters (lactones) is 1. The van der Waals surface area contributed by atoms with E-state index in [4.69, 9.17) is 4.74 Å². The summed E-state index contributed by atoms with van der Waals surface area (Å²) < 4.78 is 18.6. The number of hydrogen-bond acceptors (Lipinski definition) is 2. The number of esters is 1. The molecular weight excluding hydrogens is 231 g/mol. The molecule has 0 N–H and O–H groups in total. The van der Waals surface area contributed by atoms with Gasteiger partial charge in [0.1, 0.15) is 12.4 Å². The average molecular weight is 242 g/mol. The van der Waals surface area contributed by atoms with Gasteiger partial charge in [-0.25, -0.2) is 9.18 Å². The Hall–Kier alpha value is -2.16. The lowest BCUT2D eigenvalue weighted by Crippen LogP contribution is -2.03. The maximum atomic E-state index is 13.4. The number of halogens is 1. The summed E-state index contributed by atoms with van der Waals surface area (Å²) in [5.74, 6) is -0.755. The Bertz CT molecular complexity index is 647. The Balaban J connectivity index is 2.34. The first-order chi connectivity index (χ1) is 8.65. The predicted molar refractivity (Wildman–Crippen MR) is 65.7 cm³/mol. The fraction of sp³-hybridized carbons (Fsp3) is 0.133. The second-order valence-corrected chi connectivity index (χ2v) is 4.43. The molecule has 0 atom stereocenters. The van der Waals surface area contributed by atoms with Crippen molar-refractivity contribution < 1.29 is 13.9 Å². The minimum absolute atomic E-state index is 0.227. The second-order valence-electron chi connectivity index (χ2n) is 4.43. The third-order valence-electron chi connectivity index (χ3n) is 3.12. The third kappa shape index (κ3) is 1.68. The fourth-order valence-corrected chi connectivity index (χ4v) is 2.21. The minimum atomic E-state index is -0.404. The van der Waals surface area contributed by atoms with Crippen LogP contribution in [0.4, 0.5) is 4.39 Å². The quantitative estimate of drug-likeness (QED) is 0.661. The zero-order chi connectivity index (χ0) is 12.7. The molecule has 2 nitrogen and oxygen atoms in total. The molecule has 3 rings (SSSR count). The lowest BCUT2D eigenvalue weighted by molar-refractivity contribution is 0.0479. The first kappa shape index (κ1) is 11.0. The highest BCUT2D eigenvalue weighted by molar-refractivity contribution is 5.98. The molecular formula is C15H11FO2. The summed E-state index contributed by atoms with van der Waals surface area (Å²) in [4.78, 5) is 11.8. The normalized spacial score (nSPS) is 13.3. The van der Waals surface area contributed by atoms with Crippen molar-refractivity contribution in [1.29, 1.82) is 0 Å². The molecule has 0 saturated carbocycles. The highest BCUT2D eigenvalue weighted by Gasteiger charge is 2.21. The molecule has 1 aliphatic heterocycles. The van der Waals surface area contributed by atoms with Crippen LogP contribution in [-0.4, -0.2) is 5.97 Å². The van der Waals surface area contributed by atoms with E-state index in [0.717, 1.165) is 16.7 Å². The van der Waals surface area contributed by atoms with Crippen molar-refractivity contribution in [1.82, 2.24) is 0 Å². The molecule has 0 aromatic heterocycles. The number of ether oxygens (including phenoxy) is 1. The van der Waals surface area contributed by atoms with Crippen molar-refractivity contribution >= 4 is 5.97 Å². The van der Waals surface area contributed by atoms with E-state index in [1.54, 1.807) is 0 Å². The van der Waals surface area contributed by atoms with Gasteiger partial charge in [0, 0.05) is 0 Å². The number of hydrogen-bond donors (Lipinski definition) is 0. The lowest BCUT2D eigenvalue weighted by Gasteiger charge is -2.08. The molecule has 0 spiro atoms. The number of benzene rings is 2. The summed E-state index contributed by atoms with van der Waals surface area (Å²) >= 11 is 0. The van der Waals surface area contributed by atoms with Crippen LogP contribution in [0, 0.1) is 12.7 Å². The van der Waals surface area contributed by atoms with Crippen LogP contribution >= 0.6 is 0 Å². The zero-order valence-corrected chi connectivity index (χ0v) is 9.87. The Morgan fingerprint density at radius 1 is 1.06 bits per heavy atom. The number of fused-ring (bicyclic) bond motifs is 3. The number of carbonyl (C=O) groups is 1. The van der Waals surface area contributed by atoms with Crippen molar-refractivity contribution in [2.24, 2.45) is 0 Å². The van der Waals surface area contributed by atoms with Crippen LogP contribution in [0.25, 0.3) is 11.1 Å². The molecule has 0 fully saturated rings. The highest BCUT2D eigenvalue weighted by atomic mass is 19.1. The van der Waals surface area contributed by atoms with E-state index in [-0.39, 0.29) is 12.4 Å².